The summed E-state index contributed by atoms with van der Waals surface area (Å²) in [4.78, 5) is 14.9. The number of carbonyl (C=O) groups is 1. The van der Waals surface area contributed by atoms with E-state index in [1.165, 1.54) is 11.1 Å². The van der Waals surface area contributed by atoms with Crippen LogP contribution >= 0.6 is 0 Å². The monoisotopic (exact) mass is 427 g/mol. The van der Waals surface area contributed by atoms with Gasteiger partial charge in [0.15, 0.2) is 0 Å². The van der Waals surface area contributed by atoms with Gasteiger partial charge in [-0.3, -0.25) is 9.48 Å². The van der Waals surface area contributed by atoms with Crippen LogP contribution in [0.1, 0.15) is 42.7 Å². The first-order valence-electron chi connectivity index (χ1n) is 11.3. The Labute approximate surface area is 188 Å². The number of carbonyl (C=O) groups excluding carboxylic acids is 1. The first kappa shape index (κ1) is 20.5. The number of fused-ring (bicyclic) bond motifs is 1. The van der Waals surface area contributed by atoms with Gasteiger partial charge in [-0.15, -0.1) is 0 Å². The highest BCUT2D eigenvalue weighted by atomic mass is 16.2. The Morgan fingerprint density at radius 1 is 0.969 bits per heavy atom. The third-order valence-corrected chi connectivity index (χ3v) is 6.74. The van der Waals surface area contributed by atoms with Gasteiger partial charge in [0.2, 0.25) is 5.91 Å². The topological polar surface area (TPSA) is 55.4 Å². The van der Waals surface area contributed by atoms with Gasteiger partial charge >= 0.3 is 0 Å². The van der Waals surface area contributed by atoms with Crippen molar-refractivity contribution in [3.05, 3.63) is 78.4 Å². The predicted octanol–water partition coefficient (Wildman–Crippen LogP) is 4.67. The average molecular weight is 428 g/mol. The highest BCUT2D eigenvalue weighted by Crippen LogP contribution is 2.38. The quantitative estimate of drug-likeness (QED) is 0.465. The molecule has 5 rings (SSSR count). The summed E-state index contributed by atoms with van der Waals surface area (Å²) in [6.07, 6.45) is 11.9. The van der Waals surface area contributed by atoms with E-state index in [4.69, 9.17) is 0 Å². The lowest BCUT2D eigenvalue weighted by atomic mass is 9.78. The molecule has 0 bridgehead atoms. The summed E-state index contributed by atoms with van der Waals surface area (Å²) in [7, 11) is 3.85. The van der Waals surface area contributed by atoms with Crippen LogP contribution in [-0.4, -0.2) is 37.2 Å². The van der Waals surface area contributed by atoms with Crippen LogP contribution in [0.15, 0.2) is 67.3 Å². The van der Waals surface area contributed by atoms with Gasteiger partial charge < -0.3 is 4.90 Å². The lowest BCUT2D eigenvalue weighted by Crippen LogP contribution is -2.34. The Balaban J connectivity index is 1.24. The molecule has 0 aliphatic heterocycles. The first-order chi connectivity index (χ1) is 15.6. The minimum absolute atomic E-state index is 0.124. The Morgan fingerprint density at radius 3 is 2.47 bits per heavy atom. The fourth-order valence-corrected chi connectivity index (χ4v) is 4.96. The van der Waals surface area contributed by atoms with E-state index in [1.54, 1.807) is 0 Å². The van der Waals surface area contributed by atoms with Crippen molar-refractivity contribution < 1.29 is 4.79 Å². The van der Waals surface area contributed by atoms with Crippen molar-refractivity contribution >= 4 is 11.4 Å². The maximum absolute atomic E-state index is 13.0. The predicted molar refractivity (Wildman–Crippen MR) is 125 cm³/mol. The number of amides is 1. The van der Waals surface area contributed by atoms with Crippen molar-refractivity contribution in [3.63, 3.8) is 0 Å². The van der Waals surface area contributed by atoms with Crippen LogP contribution in [0.5, 0.6) is 0 Å². The van der Waals surface area contributed by atoms with Crippen LogP contribution in [0.25, 0.3) is 16.6 Å². The fourth-order valence-electron chi connectivity index (χ4n) is 4.96. The lowest BCUT2D eigenvalue weighted by molar-refractivity contribution is -0.135. The molecule has 1 aliphatic carbocycles. The molecule has 6 heteroatoms. The van der Waals surface area contributed by atoms with E-state index >= 15 is 0 Å². The van der Waals surface area contributed by atoms with Gasteiger partial charge in [0.1, 0.15) is 0 Å². The highest BCUT2D eigenvalue weighted by Gasteiger charge is 2.30. The molecule has 0 saturated heterocycles. The maximum Gasteiger partial charge on any atom is 0.225 e. The molecule has 0 spiro atoms. The van der Waals surface area contributed by atoms with Crippen molar-refractivity contribution in [2.75, 3.05) is 7.05 Å². The number of hydrogen-bond donors (Lipinski definition) is 0. The summed E-state index contributed by atoms with van der Waals surface area (Å²) in [6, 6.07) is 14.5. The van der Waals surface area contributed by atoms with Crippen molar-refractivity contribution in [3.8, 4) is 11.1 Å². The van der Waals surface area contributed by atoms with Gasteiger partial charge in [-0.05, 0) is 43.2 Å². The third-order valence-electron chi connectivity index (χ3n) is 6.74. The molecule has 4 aromatic rings. The molecule has 0 radical (unpaired) electrons. The van der Waals surface area contributed by atoms with Crippen LogP contribution in [0.2, 0.25) is 0 Å². The van der Waals surface area contributed by atoms with E-state index in [-0.39, 0.29) is 11.8 Å². The number of aryl methyl sites for hydroxylation is 1. The number of aromatic nitrogens is 4. The van der Waals surface area contributed by atoms with Crippen LogP contribution in [-0.2, 0) is 18.4 Å². The normalized spacial score (nSPS) is 18.7. The van der Waals surface area contributed by atoms with Crippen LogP contribution in [0.3, 0.4) is 0 Å². The third kappa shape index (κ3) is 4.05. The summed E-state index contributed by atoms with van der Waals surface area (Å²) in [5, 5.41) is 8.89. The van der Waals surface area contributed by atoms with E-state index in [2.05, 4.69) is 40.7 Å². The van der Waals surface area contributed by atoms with Gasteiger partial charge in [0.05, 0.1) is 17.9 Å². The van der Waals surface area contributed by atoms with E-state index < -0.39 is 0 Å². The molecule has 0 atom stereocenters. The Bertz CT molecular complexity index is 1220. The Morgan fingerprint density at radius 2 is 1.75 bits per heavy atom. The molecule has 3 heterocycles. The minimum atomic E-state index is 0.124. The average Bonchev–Trinajstić information content (AvgIpc) is 3.45. The van der Waals surface area contributed by atoms with Crippen molar-refractivity contribution in [2.45, 2.75) is 38.1 Å². The van der Waals surface area contributed by atoms with Crippen LogP contribution in [0, 0.1) is 5.92 Å². The molecular weight excluding hydrogens is 398 g/mol. The Kier molecular flexibility index (Phi) is 5.52. The molecule has 1 aromatic carbocycles. The maximum atomic E-state index is 13.0. The summed E-state index contributed by atoms with van der Waals surface area (Å²) in [5.41, 5.74) is 5.83. The summed E-state index contributed by atoms with van der Waals surface area (Å²) >= 11 is 0. The summed E-state index contributed by atoms with van der Waals surface area (Å²) in [6.45, 7) is 0.674. The zero-order chi connectivity index (χ0) is 22.1. The van der Waals surface area contributed by atoms with Gasteiger partial charge in [-0.1, -0.05) is 36.4 Å². The van der Waals surface area contributed by atoms with Gasteiger partial charge in [-0.2, -0.15) is 10.2 Å². The molecule has 1 aliphatic rings. The second kappa shape index (κ2) is 8.61. The van der Waals surface area contributed by atoms with E-state index in [0.29, 0.717) is 12.5 Å². The van der Waals surface area contributed by atoms with E-state index in [1.807, 2.05) is 65.0 Å². The number of rotatable bonds is 5. The fraction of sp³-hybridized carbons (Fsp3) is 0.346. The molecule has 1 fully saturated rings. The minimum Gasteiger partial charge on any atom is -0.341 e. The van der Waals surface area contributed by atoms with Gasteiger partial charge in [0.25, 0.3) is 0 Å². The molecular formula is C26H29N5O. The molecule has 0 N–H and O–H groups in total. The molecule has 6 nitrogen and oxygen atoms in total. The van der Waals surface area contributed by atoms with Gasteiger partial charge in [-0.25, -0.2) is 4.52 Å². The second-order valence-electron chi connectivity index (χ2n) is 8.98. The number of pyridine rings is 1. The van der Waals surface area contributed by atoms with E-state index in [0.717, 1.165) is 42.3 Å². The van der Waals surface area contributed by atoms with Crippen LogP contribution < -0.4 is 0 Å². The Hall–Kier alpha value is -3.41. The summed E-state index contributed by atoms with van der Waals surface area (Å²) < 4.78 is 3.79. The molecule has 1 saturated carbocycles. The second-order valence-corrected chi connectivity index (χ2v) is 8.98. The standard InChI is InChI=1S/C26H29N5O/c1-29(16-19-6-4-3-5-7-19)26(32)21-10-8-20(9-11-21)24-15-28-31-18-22(12-13-25(24)31)23-14-27-30(2)17-23/h3-7,12-15,17-18,20-21H,8-11,16H2,1-2H3. The largest absolute Gasteiger partial charge is 0.341 e. The zero-order valence-corrected chi connectivity index (χ0v) is 18.7. The first-order valence-corrected chi connectivity index (χ1v) is 11.3. The van der Waals surface area contributed by atoms with E-state index in [9.17, 15) is 4.79 Å². The van der Waals surface area contributed by atoms with Crippen LogP contribution in [0.4, 0.5) is 0 Å². The van der Waals surface area contributed by atoms with Crippen molar-refractivity contribution in [2.24, 2.45) is 13.0 Å². The summed E-state index contributed by atoms with van der Waals surface area (Å²) in [5.74, 6) is 0.854. The number of nitrogens with zero attached hydrogens (tertiary/aromatic N) is 5. The van der Waals surface area contributed by atoms with Gasteiger partial charge in [0, 0.05) is 55.6 Å². The smallest absolute Gasteiger partial charge is 0.225 e. The molecule has 3 aromatic heterocycles. The van der Waals surface area contributed by atoms with Crippen molar-refractivity contribution in [1.29, 1.82) is 0 Å². The molecule has 164 valence electrons. The molecule has 1 amide bonds. The number of hydrogen-bond acceptors (Lipinski definition) is 3. The van der Waals surface area contributed by atoms with Crippen molar-refractivity contribution in [1.82, 2.24) is 24.3 Å². The number of benzene rings is 1. The SMILES string of the molecule is CN(Cc1ccccc1)C(=O)C1CCC(c2cnn3cc(-c4cnn(C)c4)ccc23)CC1. The zero-order valence-electron chi connectivity index (χ0n) is 18.7. The molecule has 32 heavy (non-hydrogen) atoms. The molecule has 0 unspecified atom stereocenters. The lowest BCUT2D eigenvalue weighted by Gasteiger charge is -2.30. The highest BCUT2D eigenvalue weighted by molar-refractivity contribution is 5.78.